The van der Waals surface area contributed by atoms with Gasteiger partial charge in [0.25, 0.3) is 5.91 Å². The van der Waals surface area contributed by atoms with Crippen LogP contribution in [0.4, 0.5) is 10.1 Å². The fourth-order valence-electron chi connectivity index (χ4n) is 7.50. The molecule has 8 nitrogen and oxygen atoms in total. The Morgan fingerprint density at radius 3 is 2.38 bits per heavy atom. The summed E-state index contributed by atoms with van der Waals surface area (Å²) in [5, 5.41) is 3.61. The fourth-order valence-corrected chi connectivity index (χ4v) is 7.50. The molecule has 2 aliphatic carbocycles. The highest BCUT2D eigenvalue weighted by Crippen LogP contribution is 2.37. The quantitative estimate of drug-likeness (QED) is 0.466. The van der Waals surface area contributed by atoms with Crippen LogP contribution in [0.5, 0.6) is 0 Å². The zero-order chi connectivity index (χ0) is 29.1. The van der Waals surface area contributed by atoms with Gasteiger partial charge in [-0.25, -0.2) is 9.37 Å². The van der Waals surface area contributed by atoms with E-state index in [2.05, 4.69) is 31.9 Å². The van der Waals surface area contributed by atoms with E-state index in [0.29, 0.717) is 36.2 Å². The van der Waals surface area contributed by atoms with E-state index in [0.717, 1.165) is 61.4 Å². The first-order valence-electron chi connectivity index (χ1n) is 15.7. The minimum Gasteiger partial charge on any atom is -0.367 e. The molecule has 1 unspecified atom stereocenters. The van der Waals surface area contributed by atoms with Crippen molar-refractivity contribution in [2.75, 3.05) is 31.1 Å². The lowest BCUT2D eigenvalue weighted by Gasteiger charge is -2.45. The predicted molar refractivity (Wildman–Crippen MR) is 161 cm³/mol. The molecule has 2 bridgehead atoms. The summed E-state index contributed by atoms with van der Waals surface area (Å²) in [6, 6.07) is 7.37. The molecule has 5 heterocycles. The zero-order valence-corrected chi connectivity index (χ0v) is 24.9. The number of carbonyl (C=O) groups is 2. The smallest absolute Gasteiger partial charge is 0.255 e. The largest absolute Gasteiger partial charge is 0.367 e. The number of halogens is 1. The Bertz CT molecular complexity index is 1510. The molecular formula is C33H41FN6O2. The maximum Gasteiger partial charge on any atom is 0.255 e. The van der Waals surface area contributed by atoms with Crippen molar-refractivity contribution in [1.82, 2.24) is 24.5 Å². The van der Waals surface area contributed by atoms with Crippen LogP contribution in [0.2, 0.25) is 0 Å². The SMILES string of the molecule is Cc1ncc2c(-c3ccc(F)cc3C(=O)N(C(C)C)C3CC3)cc(N3CCN(C(=O)C4NC5CCC4CC5)CC3)cn12. The summed E-state index contributed by atoms with van der Waals surface area (Å²) in [7, 11) is 0. The molecule has 2 amide bonds. The van der Waals surface area contributed by atoms with Gasteiger partial charge >= 0.3 is 0 Å². The number of piperidine rings is 2. The number of rotatable bonds is 6. The van der Waals surface area contributed by atoms with Gasteiger partial charge in [0, 0.05) is 56.1 Å². The molecule has 2 aromatic heterocycles. The lowest BCUT2D eigenvalue weighted by atomic mass is 9.76. The second-order valence-corrected chi connectivity index (χ2v) is 13.0. The van der Waals surface area contributed by atoms with Crippen LogP contribution in [0, 0.1) is 18.7 Å². The summed E-state index contributed by atoms with van der Waals surface area (Å²) in [5.41, 5.74) is 3.85. The number of hydrogen-bond donors (Lipinski definition) is 1. The van der Waals surface area contributed by atoms with Gasteiger partial charge in [-0.15, -0.1) is 0 Å². The number of carbonyl (C=O) groups excluding carboxylic acids is 2. The van der Waals surface area contributed by atoms with E-state index in [1.165, 1.54) is 25.0 Å². The normalized spacial score (nSPS) is 24.1. The third kappa shape index (κ3) is 4.85. The number of nitrogens with zero attached hydrogens (tertiary/aromatic N) is 5. The molecule has 0 spiro atoms. The van der Waals surface area contributed by atoms with Crippen LogP contribution in [-0.2, 0) is 4.79 Å². The third-order valence-corrected chi connectivity index (χ3v) is 9.93. The molecule has 0 radical (unpaired) electrons. The molecule has 1 atom stereocenters. The number of imidazole rings is 1. The highest BCUT2D eigenvalue weighted by molar-refractivity contribution is 6.03. The summed E-state index contributed by atoms with van der Waals surface area (Å²) in [5.74, 6) is 1.02. The first kappa shape index (κ1) is 27.4. The minimum atomic E-state index is -0.417. The lowest BCUT2D eigenvalue weighted by Crippen LogP contribution is -2.61. The van der Waals surface area contributed by atoms with Crippen LogP contribution in [0.25, 0.3) is 16.6 Å². The van der Waals surface area contributed by atoms with Crippen molar-refractivity contribution in [1.29, 1.82) is 0 Å². The fraction of sp³-hybridized carbons (Fsp3) is 0.545. The van der Waals surface area contributed by atoms with Crippen molar-refractivity contribution in [3.63, 3.8) is 0 Å². The van der Waals surface area contributed by atoms with Gasteiger partial charge in [0.2, 0.25) is 5.91 Å². The summed E-state index contributed by atoms with van der Waals surface area (Å²) in [4.78, 5) is 38.2. The molecule has 8 rings (SSSR count). The van der Waals surface area contributed by atoms with Gasteiger partial charge in [-0.05, 0) is 89.0 Å². The van der Waals surface area contributed by atoms with E-state index in [1.807, 2.05) is 36.8 Å². The van der Waals surface area contributed by atoms with Gasteiger partial charge in [0.15, 0.2) is 0 Å². The van der Waals surface area contributed by atoms with Gasteiger partial charge in [-0.2, -0.15) is 0 Å². The number of fused-ring (bicyclic) bond motifs is 4. The summed E-state index contributed by atoms with van der Waals surface area (Å²) < 4.78 is 16.7. The van der Waals surface area contributed by atoms with E-state index in [1.54, 1.807) is 6.07 Å². The third-order valence-electron chi connectivity index (χ3n) is 9.93. The summed E-state index contributed by atoms with van der Waals surface area (Å²) in [6.45, 7) is 8.81. The molecule has 1 N–H and O–H groups in total. The van der Waals surface area contributed by atoms with Gasteiger partial charge in [-0.3, -0.25) is 9.59 Å². The molecule has 3 aliphatic heterocycles. The number of piperazine rings is 1. The molecule has 3 saturated heterocycles. The van der Waals surface area contributed by atoms with E-state index in [-0.39, 0.29) is 29.9 Å². The number of hydrogen-bond acceptors (Lipinski definition) is 5. The maximum absolute atomic E-state index is 14.6. The lowest BCUT2D eigenvalue weighted by molar-refractivity contribution is -0.137. The molecule has 5 aliphatic rings. The van der Waals surface area contributed by atoms with Crippen LogP contribution < -0.4 is 10.2 Å². The highest BCUT2D eigenvalue weighted by atomic mass is 19.1. The Labute approximate surface area is 246 Å². The number of aromatic nitrogens is 2. The number of benzene rings is 1. The van der Waals surface area contributed by atoms with Crippen LogP contribution in [-0.4, -0.2) is 81.3 Å². The monoisotopic (exact) mass is 572 g/mol. The molecule has 222 valence electrons. The van der Waals surface area contributed by atoms with Crippen molar-refractivity contribution in [3.8, 4) is 11.1 Å². The van der Waals surface area contributed by atoms with Crippen LogP contribution in [0.3, 0.4) is 0 Å². The average molecular weight is 573 g/mol. The maximum atomic E-state index is 14.6. The summed E-state index contributed by atoms with van der Waals surface area (Å²) in [6.07, 6.45) is 10.6. The standard InChI is InChI=1S/C33H41FN6O2/c1-20(2)40(25-9-10-25)32(41)29-16-23(34)6-11-27(29)28-17-26(19-39-21(3)35-18-30(28)39)37-12-14-38(15-13-37)33(42)31-22-4-7-24(36-31)8-5-22/h6,11,16-20,22,24-25,31,36H,4-5,7-10,12-15H2,1-3H3. The molecule has 9 heteroatoms. The molecular weight excluding hydrogens is 531 g/mol. The van der Waals surface area contributed by atoms with Crippen molar-refractivity contribution in [2.24, 2.45) is 5.92 Å². The van der Waals surface area contributed by atoms with Crippen LogP contribution in [0.1, 0.15) is 68.6 Å². The van der Waals surface area contributed by atoms with Crippen molar-refractivity contribution < 1.29 is 14.0 Å². The number of pyridine rings is 1. The van der Waals surface area contributed by atoms with Gasteiger partial charge in [0.05, 0.1) is 29.0 Å². The van der Waals surface area contributed by atoms with Crippen molar-refractivity contribution >= 4 is 23.0 Å². The van der Waals surface area contributed by atoms with Crippen molar-refractivity contribution in [2.45, 2.75) is 83.5 Å². The number of aryl methyl sites for hydroxylation is 1. The van der Waals surface area contributed by atoms with Gasteiger partial charge in [0.1, 0.15) is 11.6 Å². The van der Waals surface area contributed by atoms with Gasteiger partial charge < -0.3 is 24.4 Å². The van der Waals surface area contributed by atoms with Crippen molar-refractivity contribution in [3.05, 3.63) is 53.9 Å². The minimum absolute atomic E-state index is 0.0303. The van der Waals surface area contributed by atoms with E-state index in [4.69, 9.17) is 0 Å². The van der Waals surface area contributed by atoms with E-state index in [9.17, 15) is 14.0 Å². The Morgan fingerprint density at radius 1 is 1.00 bits per heavy atom. The molecule has 1 aromatic carbocycles. The second kappa shape index (κ2) is 10.7. The number of amides is 2. The first-order chi connectivity index (χ1) is 20.3. The Hall–Kier alpha value is -3.46. The van der Waals surface area contributed by atoms with E-state index < -0.39 is 5.82 Å². The number of nitrogens with one attached hydrogen (secondary N) is 1. The predicted octanol–water partition coefficient (Wildman–Crippen LogP) is 4.64. The molecule has 5 fully saturated rings. The second-order valence-electron chi connectivity index (χ2n) is 13.0. The van der Waals surface area contributed by atoms with Gasteiger partial charge in [-0.1, -0.05) is 6.07 Å². The molecule has 2 saturated carbocycles. The molecule has 42 heavy (non-hydrogen) atoms. The Kier molecular flexibility index (Phi) is 6.95. The van der Waals surface area contributed by atoms with E-state index >= 15 is 0 Å². The first-order valence-corrected chi connectivity index (χ1v) is 15.7. The van der Waals surface area contributed by atoms with Crippen LogP contribution >= 0.6 is 0 Å². The highest BCUT2D eigenvalue weighted by Gasteiger charge is 2.41. The average Bonchev–Trinajstić information content (AvgIpc) is 3.77. The summed E-state index contributed by atoms with van der Waals surface area (Å²) >= 11 is 0. The topological polar surface area (TPSA) is 73.2 Å². The molecule has 3 aromatic rings. The Balaban J connectivity index is 1.19. The zero-order valence-electron chi connectivity index (χ0n) is 24.9. The Morgan fingerprint density at radius 2 is 1.74 bits per heavy atom. The number of anilines is 1. The van der Waals surface area contributed by atoms with Crippen LogP contribution in [0.15, 0.2) is 36.7 Å².